The lowest BCUT2D eigenvalue weighted by Crippen LogP contribution is -1.95. The molecule has 0 radical (unpaired) electrons. The average molecular weight is 334 g/mol. The summed E-state index contributed by atoms with van der Waals surface area (Å²) in [6.45, 7) is 0. The predicted octanol–water partition coefficient (Wildman–Crippen LogP) is 5.98. The first-order chi connectivity index (χ1) is 12.9. The van der Waals surface area contributed by atoms with Gasteiger partial charge in [-0.05, 0) is 17.7 Å². The summed E-state index contributed by atoms with van der Waals surface area (Å²) < 4.78 is 0. The van der Waals surface area contributed by atoms with E-state index >= 15 is 0 Å². The van der Waals surface area contributed by atoms with Crippen molar-refractivity contribution < 1.29 is 0 Å². The van der Waals surface area contributed by atoms with Gasteiger partial charge in [0, 0.05) is 11.1 Å². The second-order valence-corrected chi connectivity index (χ2v) is 5.97. The van der Waals surface area contributed by atoms with Gasteiger partial charge in [-0.25, -0.2) is 9.97 Å². The van der Waals surface area contributed by atoms with Crippen LogP contribution in [0, 0.1) is 0 Å². The van der Waals surface area contributed by atoms with Gasteiger partial charge in [0.05, 0.1) is 11.4 Å². The molecular weight excluding hydrogens is 316 g/mol. The van der Waals surface area contributed by atoms with Gasteiger partial charge < -0.3 is 0 Å². The molecule has 0 atom stereocenters. The van der Waals surface area contributed by atoms with Gasteiger partial charge in [-0.2, -0.15) is 0 Å². The number of hydrogen-bond donors (Lipinski definition) is 0. The number of benzene rings is 3. The molecule has 0 saturated heterocycles. The fourth-order valence-corrected chi connectivity index (χ4v) is 2.79. The third-order valence-corrected chi connectivity index (χ3v) is 4.11. The Bertz CT molecular complexity index is 950. The number of rotatable bonds is 4. The van der Waals surface area contributed by atoms with Crippen molar-refractivity contribution in [3.63, 3.8) is 0 Å². The maximum atomic E-state index is 4.75. The molecule has 0 N–H and O–H groups in total. The highest BCUT2D eigenvalue weighted by Crippen LogP contribution is 2.24. The van der Waals surface area contributed by atoms with E-state index in [1.807, 2.05) is 72.8 Å². The molecule has 4 aromatic rings. The Labute approximate surface area is 153 Å². The van der Waals surface area contributed by atoms with Crippen LogP contribution in [0.15, 0.2) is 97.1 Å². The van der Waals surface area contributed by atoms with Gasteiger partial charge in [-0.1, -0.05) is 97.1 Å². The van der Waals surface area contributed by atoms with Gasteiger partial charge in [-0.15, -0.1) is 0 Å². The van der Waals surface area contributed by atoms with Gasteiger partial charge in [0.1, 0.15) is 0 Å². The standard InChI is InChI=1S/C24H18N2/c1-4-10-19(11-5-1)16-17-24-25-22(20-12-6-2-7-13-20)18-23(26-24)21-14-8-3-9-15-21/h1-18H/b17-16+. The normalized spacial score (nSPS) is 10.9. The van der Waals surface area contributed by atoms with Crippen molar-refractivity contribution in [3.05, 3.63) is 108 Å². The molecule has 2 heteroatoms. The Morgan fingerprint density at radius 3 is 1.46 bits per heavy atom. The van der Waals surface area contributed by atoms with Crippen molar-refractivity contribution in [1.82, 2.24) is 9.97 Å². The second kappa shape index (κ2) is 7.58. The smallest absolute Gasteiger partial charge is 0.153 e. The van der Waals surface area contributed by atoms with Crippen molar-refractivity contribution >= 4 is 12.2 Å². The van der Waals surface area contributed by atoms with Crippen LogP contribution < -0.4 is 0 Å². The van der Waals surface area contributed by atoms with E-state index in [1.54, 1.807) is 0 Å². The third-order valence-electron chi connectivity index (χ3n) is 4.11. The predicted molar refractivity (Wildman–Crippen MR) is 108 cm³/mol. The topological polar surface area (TPSA) is 25.8 Å². The molecule has 1 aromatic heterocycles. The van der Waals surface area contributed by atoms with Crippen molar-refractivity contribution in [2.45, 2.75) is 0 Å². The highest BCUT2D eigenvalue weighted by Gasteiger charge is 2.07. The molecule has 0 amide bonds. The van der Waals surface area contributed by atoms with Crippen LogP contribution >= 0.6 is 0 Å². The summed E-state index contributed by atoms with van der Waals surface area (Å²) in [6, 6.07) is 32.7. The quantitative estimate of drug-likeness (QED) is 0.459. The highest BCUT2D eigenvalue weighted by molar-refractivity contribution is 5.72. The first-order valence-electron chi connectivity index (χ1n) is 8.61. The summed E-state index contributed by atoms with van der Waals surface area (Å²) in [5, 5.41) is 0. The Hall–Kier alpha value is -3.52. The molecule has 4 rings (SSSR count). The maximum Gasteiger partial charge on any atom is 0.153 e. The van der Waals surface area contributed by atoms with E-state index in [0.717, 1.165) is 28.1 Å². The Kier molecular flexibility index (Phi) is 4.66. The minimum absolute atomic E-state index is 0.703. The molecule has 124 valence electrons. The highest BCUT2D eigenvalue weighted by atomic mass is 14.9. The fraction of sp³-hybridized carbons (Fsp3) is 0. The molecule has 0 saturated carbocycles. The zero-order valence-electron chi connectivity index (χ0n) is 14.3. The summed E-state index contributed by atoms with van der Waals surface area (Å²) in [5.41, 5.74) is 5.14. The van der Waals surface area contributed by atoms with E-state index in [1.165, 1.54) is 0 Å². The fourth-order valence-electron chi connectivity index (χ4n) is 2.79. The number of nitrogens with zero attached hydrogens (tertiary/aromatic N) is 2. The molecule has 0 aliphatic heterocycles. The molecule has 1 heterocycles. The van der Waals surface area contributed by atoms with Crippen LogP contribution in [0.5, 0.6) is 0 Å². The van der Waals surface area contributed by atoms with Gasteiger partial charge in [0.15, 0.2) is 5.82 Å². The van der Waals surface area contributed by atoms with E-state index in [4.69, 9.17) is 9.97 Å². The minimum Gasteiger partial charge on any atom is -0.229 e. The first kappa shape index (κ1) is 16.0. The van der Waals surface area contributed by atoms with E-state index in [0.29, 0.717) is 5.82 Å². The summed E-state index contributed by atoms with van der Waals surface area (Å²) in [4.78, 5) is 9.49. The van der Waals surface area contributed by atoms with Gasteiger partial charge >= 0.3 is 0 Å². The van der Waals surface area contributed by atoms with Crippen molar-refractivity contribution in [1.29, 1.82) is 0 Å². The van der Waals surface area contributed by atoms with Crippen LogP contribution in [-0.2, 0) is 0 Å². The molecular formula is C24H18N2. The number of hydrogen-bond acceptors (Lipinski definition) is 2. The van der Waals surface area contributed by atoms with Crippen LogP contribution in [0.1, 0.15) is 11.4 Å². The minimum atomic E-state index is 0.703. The van der Waals surface area contributed by atoms with Crippen LogP contribution in [0.3, 0.4) is 0 Å². The summed E-state index contributed by atoms with van der Waals surface area (Å²) >= 11 is 0. The molecule has 0 fully saturated rings. The van der Waals surface area contributed by atoms with Crippen molar-refractivity contribution in [2.24, 2.45) is 0 Å². The Balaban J connectivity index is 1.79. The second-order valence-electron chi connectivity index (χ2n) is 5.97. The average Bonchev–Trinajstić information content (AvgIpc) is 2.74. The summed E-state index contributed by atoms with van der Waals surface area (Å²) in [6.07, 6.45) is 4.01. The number of aromatic nitrogens is 2. The maximum absolute atomic E-state index is 4.75. The molecule has 0 aliphatic carbocycles. The Morgan fingerprint density at radius 2 is 0.962 bits per heavy atom. The Morgan fingerprint density at radius 1 is 0.500 bits per heavy atom. The molecule has 2 nitrogen and oxygen atoms in total. The zero-order chi connectivity index (χ0) is 17.6. The molecule has 3 aromatic carbocycles. The SMILES string of the molecule is C(=C\c1nc(-c2ccccc2)cc(-c2ccccc2)n1)/c1ccccc1. The van der Waals surface area contributed by atoms with Crippen LogP contribution in [0.2, 0.25) is 0 Å². The van der Waals surface area contributed by atoms with Gasteiger partial charge in [0.2, 0.25) is 0 Å². The first-order valence-corrected chi connectivity index (χ1v) is 8.61. The summed E-state index contributed by atoms with van der Waals surface area (Å²) in [5.74, 6) is 0.703. The van der Waals surface area contributed by atoms with E-state index in [2.05, 4.69) is 36.4 Å². The van der Waals surface area contributed by atoms with Crippen molar-refractivity contribution in [3.8, 4) is 22.5 Å². The lowest BCUT2D eigenvalue weighted by Gasteiger charge is -2.07. The summed E-state index contributed by atoms with van der Waals surface area (Å²) in [7, 11) is 0. The molecule has 0 spiro atoms. The zero-order valence-corrected chi connectivity index (χ0v) is 14.3. The van der Waals surface area contributed by atoms with Crippen LogP contribution in [0.4, 0.5) is 0 Å². The lowest BCUT2D eigenvalue weighted by molar-refractivity contribution is 1.14. The van der Waals surface area contributed by atoms with Gasteiger partial charge in [0.25, 0.3) is 0 Å². The van der Waals surface area contributed by atoms with Crippen LogP contribution in [-0.4, -0.2) is 9.97 Å². The third kappa shape index (κ3) is 3.76. The molecule has 0 bridgehead atoms. The molecule has 0 aliphatic rings. The largest absolute Gasteiger partial charge is 0.229 e. The lowest BCUT2D eigenvalue weighted by atomic mass is 10.1. The van der Waals surface area contributed by atoms with E-state index < -0.39 is 0 Å². The monoisotopic (exact) mass is 334 g/mol. The molecule has 26 heavy (non-hydrogen) atoms. The van der Waals surface area contributed by atoms with Gasteiger partial charge in [-0.3, -0.25) is 0 Å². The van der Waals surface area contributed by atoms with E-state index in [-0.39, 0.29) is 0 Å². The molecule has 0 unspecified atom stereocenters. The van der Waals surface area contributed by atoms with Crippen molar-refractivity contribution in [2.75, 3.05) is 0 Å². The van der Waals surface area contributed by atoms with E-state index in [9.17, 15) is 0 Å². The van der Waals surface area contributed by atoms with Crippen LogP contribution in [0.25, 0.3) is 34.7 Å².